The van der Waals surface area contributed by atoms with Gasteiger partial charge in [0.2, 0.25) is 0 Å². The van der Waals surface area contributed by atoms with Crippen molar-refractivity contribution in [2.75, 3.05) is 0 Å². The minimum Gasteiger partial charge on any atom is -0.481 e. The Morgan fingerprint density at radius 1 is 0.727 bits per heavy atom. The summed E-state index contributed by atoms with van der Waals surface area (Å²) in [6.07, 6.45) is 27.3. The molecule has 0 amide bonds. The van der Waals surface area contributed by atoms with Gasteiger partial charge in [-0.3, -0.25) is 4.79 Å². The number of aliphatic carboxylic acids is 1. The molecule has 0 saturated carbocycles. The van der Waals surface area contributed by atoms with Crippen LogP contribution in [0.4, 0.5) is 0 Å². The summed E-state index contributed by atoms with van der Waals surface area (Å²) in [5.41, 5.74) is 0. The number of hydrogen-bond acceptors (Lipinski definition) is 1. The fraction of sp³-hybridized carbons (Fsp3) is 0.550. The molecule has 1 N–H and O–H groups in total. The second-order valence-corrected chi connectivity index (χ2v) is 5.37. The third-order valence-electron chi connectivity index (χ3n) is 3.20. The number of hydrogen-bond donors (Lipinski definition) is 1. The molecule has 2 nitrogen and oxygen atoms in total. The van der Waals surface area contributed by atoms with Crippen LogP contribution in [0.3, 0.4) is 0 Å². The lowest BCUT2D eigenvalue weighted by atomic mass is 10.1. The maximum absolute atomic E-state index is 10.3. The molecule has 0 aromatic heterocycles. The molecule has 0 aromatic rings. The zero-order chi connectivity index (χ0) is 16.3. The average molecular weight is 304 g/mol. The van der Waals surface area contributed by atoms with Crippen LogP contribution in [0.5, 0.6) is 0 Å². The fourth-order valence-electron chi connectivity index (χ4n) is 1.93. The highest BCUT2D eigenvalue weighted by molar-refractivity contribution is 5.66. The molecule has 0 aromatic carbocycles. The van der Waals surface area contributed by atoms with Crippen molar-refractivity contribution in [3.05, 3.63) is 48.6 Å². The van der Waals surface area contributed by atoms with Crippen LogP contribution in [-0.2, 0) is 4.79 Å². The third kappa shape index (κ3) is 18.4. The Balaban J connectivity index is 3.37. The molecule has 124 valence electrons. The SMILES string of the molecule is CCC/C=C/C/C=C/C/C=C/C/C=C/CCCCCC(=O)O. The first-order chi connectivity index (χ1) is 10.8. The smallest absolute Gasteiger partial charge is 0.303 e. The number of carboxylic acid groups (broad SMARTS) is 1. The van der Waals surface area contributed by atoms with Gasteiger partial charge in [-0.05, 0) is 44.9 Å². The van der Waals surface area contributed by atoms with Crippen LogP contribution in [0.25, 0.3) is 0 Å². The van der Waals surface area contributed by atoms with E-state index >= 15 is 0 Å². The van der Waals surface area contributed by atoms with E-state index in [1.165, 1.54) is 12.8 Å². The summed E-state index contributed by atoms with van der Waals surface area (Å²) < 4.78 is 0. The zero-order valence-corrected chi connectivity index (χ0v) is 14.0. The molecule has 0 bridgehead atoms. The van der Waals surface area contributed by atoms with Crippen LogP contribution in [0, 0.1) is 0 Å². The summed E-state index contributed by atoms with van der Waals surface area (Å²) in [6.45, 7) is 2.19. The minimum atomic E-state index is -0.688. The molecule has 0 atom stereocenters. The van der Waals surface area contributed by atoms with Crippen molar-refractivity contribution in [3.63, 3.8) is 0 Å². The Labute approximate surface area is 136 Å². The largest absolute Gasteiger partial charge is 0.481 e. The highest BCUT2D eigenvalue weighted by Gasteiger charge is 1.94. The molecule has 0 aliphatic rings. The predicted molar refractivity (Wildman–Crippen MR) is 96.0 cm³/mol. The lowest BCUT2D eigenvalue weighted by molar-refractivity contribution is -0.137. The molecule has 22 heavy (non-hydrogen) atoms. The molecule has 0 saturated heterocycles. The summed E-state index contributed by atoms with van der Waals surface area (Å²) in [6, 6.07) is 0. The molecule has 0 spiro atoms. The molecule has 0 aliphatic carbocycles. The maximum Gasteiger partial charge on any atom is 0.303 e. The number of unbranched alkanes of at least 4 members (excludes halogenated alkanes) is 4. The van der Waals surface area contributed by atoms with E-state index in [1.54, 1.807) is 0 Å². The van der Waals surface area contributed by atoms with Crippen LogP contribution in [0.2, 0.25) is 0 Å². The summed E-state index contributed by atoms with van der Waals surface area (Å²) >= 11 is 0. The van der Waals surface area contributed by atoms with Crippen LogP contribution in [0.1, 0.15) is 71.1 Å². The van der Waals surface area contributed by atoms with E-state index in [0.717, 1.165) is 44.9 Å². The molecule has 0 unspecified atom stereocenters. The predicted octanol–water partition coefficient (Wildman–Crippen LogP) is 6.22. The van der Waals surface area contributed by atoms with Gasteiger partial charge in [-0.2, -0.15) is 0 Å². The van der Waals surface area contributed by atoms with Gasteiger partial charge >= 0.3 is 5.97 Å². The van der Waals surface area contributed by atoms with Gasteiger partial charge in [-0.25, -0.2) is 0 Å². The number of allylic oxidation sites excluding steroid dienone is 8. The molecule has 0 rings (SSSR count). The van der Waals surface area contributed by atoms with Gasteiger partial charge in [0.05, 0.1) is 0 Å². The van der Waals surface area contributed by atoms with Crippen LogP contribution in [-0.4, -0.2) is 11.1 Å². The summed E-state index contributed by atoms with van der Waals surface area (Å²) in [5.74, 6) is -0.688. The van der Waals surface area contributed by atoms with E-state index in [1.807, 2.05) is 0 Å². The van der Waals surface area contributed by atoms with Crippen LogP contribution in [0.15, 0.2) is 48.6 Å². The first kappa shape index (κ1) is 20.4. The molecule has 2 heteroatoms. The monoisotopic (exact) mass is 304 g/mol. The van der Waals surface area contributed by atoms with Crippen molar-refractivity contribution in [1.82, 2.24) is 0 Å². The third-order valence-corrected chi connectivity index (χ3v) is 3.20. The van der Waals surface area contributed by atoms with Crippen molar-refractivity contribution < 1.29 is 9.90 Å². The van der Waals surface area contributed by atoms with Crippen LogP contribution >= 0.6 is 0 Å². The van der Waals surface area contributed by atoms with E-state index in [9.17, 15) is 4.79 Å². The highest BCUT2D eigenvalue weighted by atomic mass is 16.4. The Hall–Kier alpha value is -1.57. The van der Waals surface area contributed by atoms with Crippen molar-refractivity contribution in [2.24, 2.45) is 0 Å². The topological polar surface area (TPSA) is 37.3 Å². The number of rotatable bonds is 14. The van der Waals surface area contributed by atoms with Crippen molar-refractivity contribution in [1.29, 1.82) is 0 Å². The maximum atomic E-state index is 10.3. The number of carboxylic acids is 1. The average Bonchev–Trinajstić information content (AvgIpc) is 2.50. The first-order valence-corrected chi connectivity index (χ1v) is 8.59. The Morgan fingerprint density at radius 3 is 1.73 bits per heavy atom. The van der Waals surface area contributed by atoms with Gasteiger partial charge < -0.3 is 5.11 Å². The number of carbonyl (C=O) groups is 1. The lowest BCUT2D eigenvalue weighted by Gasteiger charge is -1.94. The summed E-state index contributed by atoms with van der Waals surface area (Å²) in [4.78, 5) is 10.3. The van der Waals surface area contributed by atoms with Crippen molar-refractivity contribution in [3.8, 4) is 0 Å². The van der Waals surface area contributed by atoms with E-state index in [2.05, 4.69) is 55.5 Å². The van der Waals surface area contributed by atoms with E-state index in [-0.39, 0.29) is 0 Å². The molecule has 0 aliphatic heterocycles. The second kappa shape index (κ2) is 17.5. The standard InChI is InChI=1S/C20H32O2/c1-2-3-4-5-6-7-8-9-10-11-12-13-14-15-16-17-18-19-20(21)22/h4-5,7-8,10-11,13-14H,2-3,6,9,12,15-19H2,1H3,(H,21,22)/b5-4+,8-7+,11-10+,14-13+. The van der Waals surface area contributed by atoms with E-state index in [0.29, 0.717) is 6.42 Å². The lowest BCUT2D eigenvalue weighted by Crippen LogP contribution is -1.93. The Bertz CT molecular complexity index is 362. The van der Waals surface area contributed by atoms with Crippen LogP contribution < -0.4 is 0 Å². The molecule has 0 radical (unpaired) electrons. The normalized spacial score (nSPS) is 12.4. The second-order valence-electron chi connectivity index (χ2n) is 5.37. The molecular weight excluding hydrogens is 272 g/mol. The fourth-order valence-corrected chi connectivity index (χ4v) is 1.93. The van der Waals surface area contributed by atoms with Gasteiger partial charge in [0.1, 0.15) is 0 Å². The molecule has 0 fully saturated rings. The summed E-state index contributed by atoms with van der Waals surface area (Å²) in [5, 5.41) is 8.51. The van der Waals surface area contributed by atoms with Crippen molar-refractivity contribution in [2.45, 2.75) is 71.1 Å². The van der Waals surface area contributed by atoms with Crippen molar-refractivity contribution >= 4 is 5.97 Å². The minimum absolute atomic E-state index is 0.300. The van der Waals surface area contributed by atoms with Gasteiger partial charge in [0.25, 0.3) is 0 Å². The first-order valence-electron chi connectivity index (χ1n) is 8.59. The van der Waals surface area contributed by atoms with Gasteiger partial charge in [0, 0.05) is 6.42 Å². The highest BCUT2D eigenvalue weighted by Crippen LogP contribution is 2.04. The van der Waals surface area contributed by atoms with Gasteiger partial charge in [0.15, 0.2) is 0 Å². The molecular formula is C20H32O2. The quantitative estimate of drug-likeness (QED) is 0.305. The summed E-state index contributed by atoms with van der Waals surface area (Å²) in [7, 11) is 0. The van der Waals surface area contributed by atoms with E-state index < -0.39 is 5.97 Å². The Kier molecular flexibility index (Phi) is 16.2. The molecule has 0 heterocycles. The Morgan fingerprint density at radius 2 is 1.23 bits per heavy atom. The van der Waals surface area contributed by atoms with E-state index in [4.69, 9.17) is 5.11 Å². The zero-order valence-electron chi connectivity index (χ0n) is 14.0. The van der Waals surface area contributed by atoms with Gasteiger partial charge in [-0.15, -0.1) is 0 Å². The van der Waals surface area contributed by atoms with Gasteiger partial charge in [-0.1, -0.05) is 68.4 Å².